The van der Waals surface area contributed by atoms with Gasteiger partial charge in [0, 0.05) is 5.56 Å². The van der Waals surface area contributed by atoms with Crippen molar-refractivity contribution in [3.05, 3.63) is 34.9 Å². The van der Waals surface area contributed by atoms with E-state index in [4.69, 9.17) is 0 Å². The number of benzene rings is 1. The largest absolute Gasteiger partial charge is 0.416 e. The second-order valence-electron chi connectivity index (χ2n) is 5.01. The highest BCUT2D eigenvalue weighted by Crippen LogP contribution is 2.36. The van der Waals surface area contributed by atoms with Crippen molar-refractivity contribution in [2.75, 3.05) is 13.1 Å². The molecule has 23 heavy (non-hydrogen) atoms. The van der Waals surface area contributed by atoms with Crippen LogP contribution in [0.1, 0.15) is 27.9 Å². The molecule has 130 valence electrons. The highest BCUT2D eigenvalue weighted by Gasteiger charge is 2.37. The maximum Gasteiger partial charge on any atom is 0.416 e. The molecule has 0 saturated carbocycles. The van der Waals surface area contributed by atoms with Crippen LogP contribution in [0.2, 0.25) is 0 Å². The molecule has 10 heteroatoms. The summed E-state index contributed by atoms with van der Waals surface area (Å²) in [6.45, 7) is 0.581. The van der Waals surface area contributed by atoms with E-state index in [1.54, 1.807) is 0 Å². The van der Waals surface area contributed by atoms with E-state index < -0.39 is 35.0 Å². The molecular weight excluding hydrogens is 328 g/mol. The predicted octanol–water partition coefficient (Wildman–Crippen LogP) is 0.697. The van der Waals surface area contributed by atoms with Gasteiger partial charge in [-0.1, -0.05) is 0 Å². The number of rotatable bonds is 5. The summed E-state index contributed by atoms with van der Waals surface area (Å²) in [5.74, 6) is -1.01. The van der Waals surface area contributed by atoms with Crippen molar-refractivity contribution in [2.45, 2.75) is 24.8 Å². The van der Waals surface area contributed by atoms with Crippen LogP contribution in [-0.2, 0) is 12.4 Å². The van der Waals surface area contributed by atoms with Gasteiger partial charge in [0.05, 0.1) is 30.6 Å². The quantitative estimate of drug-likeness (QED) is 0.674. The molecule has 0 heterocycles. The Morgan fingerprint density at radius 1 is 1.04 bits per heavy atom. The monoisotopic (exact) mass is 345 g/mol. The first-order chi connectivity index (χ1) is 10.4. The fraction of sp³-hybridized carbons (Fsp3) is 0.462. The van der Waals surface area contributed by atoms with E-state index >= 15 is 0 Å². The number of quaternary nitrogens is 2. The molecule has 1 amide bonds. The standard InChI is InChI=1S/C13H15F6N3O/c14-12(15,16)8-3-7(4-9(5-8)13(17,18)19)11(23)22-6-10(21)1-2-20/h3-5,10H,1-2,6,20-21H2,(H,22,23)/p+2/t10-/m0/s1. The molecule has 1 aromatic rings. The molecule has 1 rings (SSSR count). The highest BCUT2D eigenvalue weighted by atomic mass is 19.4. The van der Waals surface area contributed by atoms with E-state index in [1.165, 1.54) is 0 Å². The fourth-order valence-electron chi connectivity index (χ4n) is 1.82. The molecule has 0 saturated heterocycles. The number of amides is 1. The molecule has 0 aliphatic rings. The number of hydrogen-bond donors (Lipinski definition) is 3. The number of carbonyl (C=O) groups is 1. The summed E-state index contributed by atoms with van der Waals surface area (Å²) < 4.78 is 76.2. The molecule has 0 bridgehead atoms. The summed E-state index contributed by atoms with van der Waals surface area (Å²) in [7, 11) is 0. The molecule has 0 spiro atoms. The minimum absolute atomic E-state index is 0.0241. The Bertz CT molecular complexity index is 523. The van der Waals surface area contributed by atoms with E-state index in [0.717, 1.165) is 0 Å². The summed E-state index contributed by atoms with van der Waals surface area (Å²) >= 11 is 0. The van der Waals surface area contributed by atoms with Crippen LogP contribution in [0.5, 0.6) is 0 Å². The Balaban J connectivity index is 3.07. The average molecular weight is 345 g/mol. The molecule has 0 aromatic heterocycles. The second-order valence-corrected chi connectivity index (χ2v) is 5.01. The van der Waals surface area contributed by atoms with Crippen molar-refractivity contribution >= 4 is 5.91 Å². The number of alkyl halides is 6. The van der Waals surface area contributed by atoms with Crippen LogP contribution >= 0.6 is 0 Å². The van der Waals surface area contributed by atoms with E-state index in [1.807, 2.05) is 0 Å². The van der Waals surface area contributed by atoms with E-state index in [9.17, 15) is 31.1 Å². The molecule has 4 nitrogen and oxygen atoms in total. The maximum atomic E-state index is 12.7. The van der Waals surface area contributed by atoms with Gasteiger partial charge in [0.25, 0.3) is 5.91 Å². The minimum Gasteiger partial charge on any atom is -0.357 e. The van der Waals surface area contributed by atoms with Crippen LogP contribution in [0.3, 0.4) is 0 Å². The second kappa shape index (κ2) is 7.18. The molecule has 0 aliphatic carbocycles. The molecule has 0 radical (unpaired) electrons. The van der Waals surface area contributed by atoms with Crippen molar-refractivity contribution < 1.29 is 42.6 Å². The number of halogens is 6. The van der Waals surface area contributed by atoms with Gasteiger partial charge in [0.15, 0.2) is 0 Å². The van der Waals surface area contributed by atoms with E-state index in [0.29, 0.717) is 25.1 Å². The Morgan fingerprint density at radius 2 is 1.52 bits per heavy atom. The van der Waals surface area contributed by atoms with Gasteiger partial charge in [0.2, 0.25) is 0 Å². The lowest BCUT2D eigenvalue weighted by molar-refractivity contribution is -0.439. The Hall–Kier alpha value is -1.81. The zero-order valence-corrected chi connectivity index (χ0v) is 12.0. The summed E-state index contributed by atoms with van der Waals surface area (Å²) in [4.78, 5) is 11.8. The number of hydrogen-bond acceptors (Lipinski definition) is 1. The third kappa shape index (κ3) is 5.71. The first-order valence-electron chi connectivity index (χ1n) is 6.65. The fourth-order valence-corrected chi connectivity index (χ4v) is 1.82. The van der Waals surface area contributed by atoms with Gasteiger partial charge >= 0.3 is 12.4 Å². The van der Waals surface area contributed by atoms with E-state index in [2.05, 4.69) is 16.8 Å². The van der Waals surface area contributed by atoms with Crippen LogP contribution in [0.25, 0.3) is 0 Å². The average Bonchev–Trinajstić information content (AvgIpc) is 2.42. The molecule has 0 aliphatic heterocycles. The van der Waals surface area contributed by atoms with Gasteiger partial charge in [0.1, 0.15) is 6.04 Å². The summed E-state index contributed by atoms with van der Waals surface area (Å²) in [5.41, 5.74) is 3.52. The van der Waals surface area contributed by atoms with Crippen molar-refractivity contribution in [2.24, 2.45) is 0 Å². The maximum absolute atomic E-state index is 12.7. The van der Waals surface area contributed by atoms with Gasteiger partial charge in [-0.2, -0.15) is 26.3 Å². The molecule has 0 unspecified atom stereocenters. The molecule has 1 atom stereocenters. The predicted molar refractivity (Wildman–Crippen MR) is 67.8 cm³/mol. The highest BCUT2D eigenvalue weighted by molar-refractivity contribution is 5.94. The van der Waals surface area contributed by atoms with Gasteiger partial charge in [-0.25, -0.2) is 0 Å². The van der Waals surface area contributed by atoms with Crippen molar-refractivity contribution in [3.63, 3.8) is 0 Å². The number of nitrogens with one attached hydrogen (secondary N) is 1. The Labute approximate surface area is 127 Å². The molecule has 1 aromatic carbocycles. The lowest BCUT2D eigenvalue weighted by atomic mass is 10.0. The van der Waals surface area contributed by atoms with Crippen LogP contribution in [0, 0.1) is 0 Å². The van der Waals surface area contributed by atoms with E-state index in [-0.39, 0.29) is 18.7 Å². The molecule has 7 N–H and O–H groups in total. The summed E-state index contributed by atoms with van der Waals surface area (Å²) in [6, 6.07) is 0.530. The smallest absolute Gasteiger partial charge is 0.357 e. The van der Waals surface area contributed by atoms with Crippen molar-refractivity contribution in [3.8, 4) is 0 Å². The van der Waals surface area contributed by atoms with Gasteiger partial charge < -0.3 is 16.8 Å². The van der Waals surface area contributed by atoms with Crippen molar-refractivity contribution in [1.29, 1.82) is 0 Å². The van der Waals surface area contributed by atoms with Gasteiger partial charge in [-0.05, 0) is 18.2 Å². The van der Waals surface area contributed by atoms with Crippen LogP contribution in [0.15, 0.2) is 18.2 Å². The lowest BCUT2D eigenvalue weighted by Gasteiger charge is -2.14. The summed E-state index contributed by atoms with van der Waals surface area (Å²) in [6.07, 6.45) is -9.41. The molecular formula is C13H17F6N3O+2. The van der Waals surface area contributed by atoms with Crippen LogP contribution in [-0.4, -0.2) is 25.0 Å². The number of carbonyl (C=O) groups excluding carboxylic acids is 1. The van der Waals surface area contributed by atoms with Crippen LogP contribution < -0.4 is 16.8 Å². The minimum atomic E-state index is -4.99. The zero-order chi connectivity index (χ0) is 17.8. The zero-order valence-electron chi connectivity index (χ0n) is 12.0. The van der Waals surface area contributed by atoms with Gasteiger partial charge in [-0.15, -0.1) is 0 Å². The van der Waals surface area contributed by atoms with Gasteiger partial charge in [-0.3, -0.25) is 4.79 Å². The first kappa shape index (κ1) is 19.2. The normalized spacial score (nSPS) is 13.7. The third-order valence-corrected chi connectivity index (χ3v) is 3.01. The topological polar surface area (TPSA) is 84.4 Å². The summed E-state index contributed by atoms with van der Waals surface area (Å²) in [5, 5.41) is 2.28. The Kier molecular flexibility index (Phi) is 6.00. The SMILES string of the molecule is [NH3+]CC[C@H]([NH3+])CNC(=O)c1cc(C(F)(F)F)cc(C(F)(F)F)c1. The lowest BCUT2D eigenvalue weighted by Crippen LogP contribution is -2.67. The third-order valence-electron chi connectivity index (χ3n) is 3.01. The van der Waals surface area contributed by atoms with Crippen LogP contribution in [0.4, 0.5) is 26.3 Å². The van der Waals surface area contributed by atoms with Crippen molar-refractivity contribution in [1.82, 2.24) is 5.32 Å². The first-order valence-corrected chi connectivity index (χ1v) is 6.65. The molecule has 0 fully saturated rings. The Morgan fingerprint density at radius 3 is 1.91 bits per heavy atom.